The molecule has 0 spiro atoms. The average molecular weight is 205 g/mol. The van der Waals surface area contributed by atoms with Crippen LogP contribution in [0.5, 0.6) is 0 Å². The van der Waals surface area contributed by atoms with Crippen molar-refractivity contribution in [1.82, 2.24) is 5.32 Å². The number of carbonyl (C=O) groups excluding carboxylic acids is 1. The van der Waals surface area contributed by atoms with Crippen LogP contribution in [0.15, 0.2) is 30.0 Å². The van der Waals surface area contributed by atoms with Gasteiger partial charge in [0.1, 0.15) is 11.6 Å². The van der Waals surface area contributed by atoms with E-state index in [4.69, 9.17) is 0 Å². The van der Waals surface area contributed by atoms with Crippen molar-refractivity contribution < 1.29 is 9.18 Å². The van der Waals surface area contributed by atoms with E-state index in [1.165, 1.54) is 6.07 Å². The number of halogens is 1. The molecule has 2 nitrogen and oxygen atoms in total. The zero-order valence-corrected chi connectivity index (χ0v) is 8.29. The van der Waals surface area contributed by atoms with Crippen LogP contribution in [-0.4, -0.2) is 12.3 Å². The minimum absolute atomic E-state index is 0.205. The van der Waals surface area contributed by atoms with Gasteiger partial charge in [-0.15, -0.1) is 0 Å². The lowest BCUT2D eigenvalue weighted by Gasteiger charge is -2.15. The van der Waals surface area contributed by atoms with Crippen LogP contribution in [0.2, 0.25) is 0 Å². The molecular weight excluding hydrogens is 193 g/mol. The van der Waals surface area contributed by atoms with Gasteiger partial charge in [-0.25, -0.2) is 4.39 Å². The van der Waals surface area contributed by atoms with Crippen LogP contribution < -0.4 is 5.32 Å². The third-order valence-electron chi connectivity index (χ3n) is 2.38. The highest BCUT2D eigenvalue weighted by molar-refractivity contribution is 5.83. The predicted octanol–water partition coefficient (Wildman–Crippen LogP) is 2.12. The van der Waals surface area contributed by atoms with Gasteiger partial charge in [-0.2, -0.15) is 0 Å². The molecular formula is C12H12FNO. The minimum atomic E-state index is -0.259. The zero-order chi connectivity index (χ0) is 10.7. The Bertz CT molecular complexity index is 412. The molecule has 3 heteroatoms. The molecule has 1 N–H and O–H groups in total. The summed E-state index contributed by atoms with van der Waals surface area (Å²) in [7, 11) is 0. The van der Waals surface area contributed by atoms with Gasteiger partial charge in [-0.3, -0.25) is 4.79 Å². The molecule has 78 valence electrons. The van der Waals surface area contributed by atoms with Gasteiger partial charge in [-0.1, -0.05) is 18.2 Å². The largest absolute Gasteiger partial charge is 0.388 e. The Morgan fingerprint density at radius 2 is 2.13 bits per heavy atom. The summed E-state index contributed by atoms with van der Waals surface area (Å²) in [5.41, 5.74) is 1.33. The van der Waals surface area contributed by atoms with Crippen molar-refractivity contribution in [3.63, 3.8) is 0 Å². The molecule has 0 bridgehead atoms. The summed E-state index contributed by atoms with van der Waals surface area (Å²) in [4.78, 5) is 11.2. The monoisotopic (exact) mass is 205 g/mol. The quantitative estimate of drug-likeness (QED) is 0.760. The summed E-state index contributed by atoms with van der Waals surface area (Å²) in [6.45, 7) is 0.652. The molecule has 1 fully saturated rings. The number of Topliss-reactive ketones (excluding diaryl/α,β-unsaturated/α-hetero) is 1. The maximum absolute atomic E-state index is 13.3. The van der Waals surface area contributed by atoms with Gasteiger partial charge in [0, 0.05) is 30.6 Å². The molecule has 0 atom stereocenters. The number of carbonyl (C=O) groups is 1. The second-order valence-electron chi connectivity index (χ2n) is 3.58. The number of nitrogens with one attached hydrogen (secondary N) is 1. The van der Waals surface area contributed by atoms with E-state index in [0.29, 0.717) is 24.9 Å². The molecule has 2 rings (SSSR count). The van der Waals surface area contributed by atoms with Crippen molar-refractivity contribution in [2.75, 3.05) is 6.54 Å². The maximum atomic E-state index is 13.3. The lowest BCUT2D eigenvalue weighted by atomic mass is 10.1. The number of hydrogen-bond acceptors (Lipinski definition) is 2. The highest BCUT2D eigenvalue weighted by atomic mass is 19.1. The fourth-order valence-electron chi connectivity index (χ4n) is 1.61. The molecule has 0 aromatic heterocycles. The van der Waals surface area contributed by atoms with Crippen molar-refractivity contribution in [3.8, 4) is 0 Å². The van der Waals surface area contributed by atoms with E-state index in [9.17, 15) is 9.18 Å². The molecule has 0 saturated carbocycles. The van der Waals surface area contributed by atoms with Crippen LogP contribution in [0.25, 0.3) is 6.08 Å². The molecule has 1 aliphatic rings. The van der Waals surface area contributed by atoms with Crippen LogP contribution in [0, 0.1) is 5.82 Å². The van der Waals surface area contributed by atoms with Gasteiger partial charge in [0.2, 0.25) is 0 Å². The van der Waals surface area contributed by atoms with E-state index in [2.05, 4.69) is 5.32 Å². The zero-order valence-electron chi connectivity index (χ0n) is 8.29. The molecule has 0 aliphatic carbocycles. The van der Waals surface area contributed by atoms with Gasteiger partial charge in [0.25, 0.3) is 0 Å². The number of benzene rings is 1. The SMILES string of the molecule is O=C1CCNC(=Cc2ccccc2F)C1. The topological polar surface area (TPSA) is 29.1 Å². The minimum Gasteiger partial charge on any atom is -0.388 e. The fraction of sp³-hybridized carbons (Fsp3) is 0.250. The summed E-state index contributed by atoms with van der Waals surface area (Å²) < 4.78 is 13.3. The van der Waals surface area contributed by atoms with E-state index >= 15 is 0 Å². The molecule has 1 heterocycles. The summed E-state index contributed by atoms with van der Waals surface area (Å²) in [6, 6.07) is 6.54. The third kappa shape index (κ3) is 2.43. The molecule has 0 amide bonds. The van der Waals surface area contributed by atoms with Crippen LogP contribution >= 0.6 is 0 Å². The van der Waals surface area contributed by atoms with E-state index in [1.807, 2.05) is 0 Å². The lowest BCUT2D eigenvalue weighted by molar-refractivity contribution is -0.119. The first-order valence-electron chi connectivity index (χ1n) is 4.96. The van der Waals surface area contributed by atoms with E-state index in [1.54, 1.807) is 24.3 Å². The summed E-state index contributed by atoms with van der Waals surface area (Å²) in [5.74, 6) is -0.0545. The molecule has 0 radical (unpaired) electrons. The van der Waals surface area contributed by atoms with Crippen molar-refractivity contribution >= 4 is 11.9 Å². The van der Waals surface area contributed by atoms with Gasteiger partial charge in [-0.05, 0) is 12.1 Å². The Labute approximate surface area is 87.8 Å². The number of ketones is 1. The van der Waals surface area contributed by atoms with Crippen molar-refractivity contribution in [2.24, 2.45) is 0 Å². The Hall–Kier alpha value is -1.64. The standard InChI is InChI=1S/C12H12FNO/c13-12-4-2-1-3-9(12)7-10-8-11(15)5-6-14-10/h1-4,7,14H,5-6,8H2. The predicted molar refractivity (Wildman–Crippen MR) is 56.6 cm³/mol. The molecule has 1 saturated heterocycles. The Balaban J connectivity index is 2.22. The van der Waals surface area contributed by atoms with Gasteiger partial charge >= 0.3 is 0 Å². The first kappa shape index (κ1) is 9.90. The number of hydrogen-bond donors (Lipinski definition) is 1. The van der Waals surface area contributed by atoms with Crippen molar-refractivity contribution in [2.45, 2.75) is 12.8 Å². The first-order chi connectivity index (χ1) is 7.25. The van der Waals surface area contributed by atoms with Gasteiger partial charge < -0.3 is 5.32 Å². The van der Waals surface area contributed by atoms with Crippen molar-refractivity contribution in [3.05, 3.63) is 41.3 Å². The highest BCUT2D eigenvalue weighted by Gasteiger charge is 2.12. The Kier molecular flexibility index (Phi) is 2.81. The number of piperidine rings is 1. The summed E-state index contributed by atoms with van der Waals surface area (Å²) >= 11 is 0. The fourth-order valence-corrected chi connectivity index (χ4v) is 1.61. The lowest BCUT2D eigenvalue weighted by Crippen LogP contribution is -2.25. The highest BCUT2D eigenvalue weighted by Crippen LogP contribution is 2.14. The molecule has 1 aliphatic heterocycles. The molecule has 15 heavy (non-hydrogen) atoms. The van der Waals surface area contributed by atoms with E-state index in [-0.39, 0.29) is 11.6 Å². The Morgan fingerprint density at radius 1 is 1.33 bits per heavy atom. The van der Waals surface area contributed by atoms with Crippen LogP contribution in [0.4, 0.5) is 4.39 Å². The van der Waals surface area contributed by atoms with E-state index < -0.39 is 0 Å². The first-order valence-corrected chi connectivity index (χ1v) is 4.96. The number of allylic oxidation sites excluding steroid dienone is 1. The average Bonchev–Trinajstić information content (AvgIpc) is 2.22. The normalized spacial score (nSPS) is 19.0. The summed E-state index contributed by atoms with van der Waals surface area (Å²) in [6.07, 6.45) is 2.65. The van der Waals surface area contributed by atoms with E-state index in [0.717, 1.165) is 5.70 Å². The van der Waals surface area contributed by atoms with Gasteiger partial charge in [0.05, 0.1) is 0 Å². The van der Waals surface area contributed by atoms with Gasteiger partial charge in [0.15, 0.2) is 0 Å². The van der Waals surface area contributed by atoms with Crippen LogP contribution in [0.1, 0.15) is 18.4 Å². The molecule has 0 unspecified atom stereocenters. The van der Waals surface area contributed by atoms with Crippen molar-refractivity contribution in [1.29, 1.82) is 0 Å². The number of rotatable bonds is 1. The molecule has 1 aromatic carbocycles. The maximum Gasteiger partial charge on any atom is 0.140 e. The van der Waals surface area contributed by atoms with Crippen LogP contribution in [-0.2, 0) is 4.79 Å². The Morgan fingerprint density at radius 3 is 2.87 bits per heavy atom. The molecule has 1 aromatic rings. The smallest absolute Gasteiger partial charge is 0.140 e. The third-order valence-corrected chi connectivity index (χ3v) is 2.38. The van der Waals surface area contributed by atoms with Crippen LogP contribution in [0.3, 0.4) is 0 Å². The second kappa shape index (κ2) is 4.26. The second-order valence-corrected chi connectivity index (χ2v) is 3.58. The summed E-state index contributed by atoms with van der Waals surface area (Å²) in [5, 5.41) is 3.10.